The van der Waals surface area contributed by atoms with Crippen LogP contribution in [0.5, 0.6) is 0 Å². The number of hydrogen-bond acceptors (Lipinski definition) is 54. The van der Waals surface area contributed by atoms with Gasteiger partial charge in [0.1, 0.15) is 256 Å². The number of ether oxygens (including phenoxy) is 21. The standard InChI is InChI=1S/C76H127N5O54/c1-17-38(94)49(105)53(109)71(117-17)115-16-32-60(47(103)33(66(114)119-32)77-19(3)89)129-69-36(80-22(6)92)48(104)58(28(12-86)124-69)130-74-57(113)63(44(100)31(127-74)15-116-75-64(52(108)43(99)27(11-85)123-75)134-68-35(79-21(5)91)46(102)41(97)25(9-83)121-68)133-76-65(56(112)59(29(13-87)126-76)128-67-34(78-20(4)90)45(101)40(96)24(8-82)120-67)135-70-37(81-23(7)93)62(132-72-54(110)50(106)39(95)18(2)118-72)61(30(14-88)125-70)131-73-55(111)51(107)42(98)26(10-84)122-73/h17-18,24-76,82-88,94-114H,8-16H2,1-7H3,(H,77,89)(H,78,90)(H,79,91)(H,80,92)(H,81,93)/t17-,18-,24+,25+,26+,27+,28+,29+,30+,31+,32+,33+,34+,35+,36+,37-,38+,39+,40+,41+,42-,43+,44+,45+,46+,47+,48+,49+,50+,51-,52-,53-,54-,55+,56-,57-,58+,59+,60+,61+,62+,63-,64-,65-,66+,67-,68-,69-,70-,71+,72-,73-,74-,75-,76+/m0/s1. The Bertz CT molecular complexity index is 3750. The molecule has 59 nitrogen and oxygen atoms in total. The number of hydrogen-bond donors (Lipinski definition) is 33. The molecule has 55 atom stereocenters. The number of rotatable bonds is 34. The Morgan fingerprint density at radius 3 is 0.963 bits per heavy atom. The van der Waals surface area contributed by atoms with Gasteiger partial charge in [0.25, 0.3) is 0 Å². The molecular formula is C76H127N5O54. The number of amides is 5. The number of carbonyl (C=O) groups excluding carboxylic acids is 5. The molecule has 135 heavy (non-hydrogen) atoms. The molecule has 0 radical (unpaired) electrons. The lowest BCUT2D eigenvalue weighted by atomic mass is 9.93. The summed E-state index contributed by atoms with van der Waals surface area (Å²) in [6.07, 6.45) is -107. The van der Waals surface area contributed by atoms with Crippen molar-refractivity contribution in [2.24, 2.45) is 0 Å². The first kappa shape index (κ1) is 111. The summed E-state index contributed by atoms with van der Waals surface area (Å²) in [6, 6.07) is -9.80. The highest BCUT2D eigenvalue weighted by Crippen LogP contribution is 2.43. The molecule has 11 saturated heterocycles. The van der Waals surface area contributed by atoms with E-state index in [1.165, 1.54) is 13.8 Å². The molecule has 11 aliphatic heterocycles. The highest BCUT2D eigenvalue weighted by Gasteiger charge is 2.63. The third-order valence-electron chi connectivity index (χ3n) is 24.9. The molecule has 0 saturated carbocycles. The zero-order chi connectivity index (χ0) is 99.4. The minimum atomic E-state index is -2.76. The molecule has 0 bridgehead atoms. The van der Waals surface area contributed by atoms with Crippen LogP contribution in [0, 0.1) is 0 Å². The zero-order valence-corrected chi connectivity index (χ0v) is 73.3. The maximum absolute atomic E-state index is 13.9. The maximum atomic E-state index is 13.9. The molecular weight excluding hydrogens is 1850 g/mol. The Hall–Kier alpha value is -4.61. The second kappa shape index (κ2) is 48.2. The molecule has 5 amide bonds. The van der Waals surface area contributed by atoms with Gasteiger partial charge in [-0.1, -0.05) is 0 Å². The molecule has 0 unspecified atom stereocenters. The largest absolute Gasteiger partial charge is 0.394 e. The minimum Gasteiger partial charge on any atom is -0.394 e. The Morgan fingerprint density at radius 2 is 0.489 bits per heavy atom. The van der Waals surface area contributed by atoms with Gasteiger partial charge in [0.2, 0.25) is 29.5 Å². The van der Waals surface area contributed by atoms with Crippen molar-refractivity contribution in [1.29, 1.82) is 0 Å². The van der Waals surface area contributed by atoms with Crippen LogP contribution in [0.1, 0.15) is 48.5 Å². The fourth-order valence-corrected chi connectivity index (χ4v) is 17.6. The van der Waals surface area contributed by atoms with Crippen LogP contribution in [-0.2, 0) is 123 Å². The maximum Gasteiger partial charge on any atom is 0.217 e. The van der Waals surface area contributed by atoms with Crippen molar-refractivity contribution in [3.63, 3.8) is 0 Å². The molecule has 33 N–H and O–H groups in total. The summed E-state index contributed by atoms with van der Waals surface area (Å²) in [7, 11) is 0. The molecule has 780 valence electrons. The van der Waals surface area contributed by atoms with Crippen molar-refractivity contribution in [3.05, 3.63) is 0 Å². The fraction of sp³-hybridized carbons (Fsp3) is 0.934. The topological polar surface area (TPSA) is 906 Å². The van der Waals surface area contributed by atoms with Crippen molar-refractivity contribution in [1.82, 2.24) is 26.6 Å². The number of carbonyl (C=O) groups is 5. The summed E-state index contributed by atoms with van der Waals surface area (Å²) in [5.74, 6) is -4.83. The average molecular weight is 1970 g/mol. The fourth-order valence-electron chi connectivity index (χ4n) is 17.6. The van der Waals surface area contributed by atoms with E-state index in [0.29, 0.717) is 0 Å². The van der Waals surface area contributed by atoms with Gasteiger partial charge in [-0.15, -0.1) is 0 Å². The van der Waals surface area contributed by atoms with E-state index in [1.54, 1.807) is 0 Å². The Balaban J connectivity index is 1.01. The monoisotopic (exact) mass is 1970 g/mol. The third kappa shape index (κ3) is 24.7. The van der Waals surface area contributed by atoms with Gasteiger partial charge in [-0.25, -0.2) is 0 Å². The van der Waals surface area contributed by atoms with Crippen molar-refractivity contribution in [3.8, 4) is 0 Å². The molecule has 11 fully saturated rings. The molecule has 0 spiro atoms. The second-order valence-electron chi connectivity index (χ2n) is 34.5. The van der Waals surface area contributed by atoms with Crippen LogP contribution in [0.4, 0.5) is 0 Å². The van der Waals surface area contributed by atoms with E-state index in [1.807, 2.05) is 0 Å². The quantitative estimate of drug-likeness (QED) is 0.0284. The lowest BCUT2D eigenvalue weighted by Gasteiger charge is -2.53. The van der Waals surface area contributed by atoms with Crippen molar-refractivity contribution < 1.29 is 266 Å². The second-order valence-corrected chi connectivity index (χ2v) is 34.5. The summed E-state index contributed by atoms with van der Waals surface area (Å²) in [5, 5.41) is 330. The molecule has 11 rings (SSSR count). The molecule has 59 heteroatoms. The summed E-state index contributed by atoms with van der Waals surface area (Å²) < 4.78 is 128. The zero-order valence-electron chi connectivity index (χ0n) is 73.3. The van der Waals surface area contributed by atoms with E-state index < -0.39 is 426 Å². The van der Waals surface area contributed by atoms with E-state index in [-0.39, 0.29) is 0 Å². The minimum absolute atomic E-state index is 0.867. The Labute approximate surface area is 765 Å². The van der Waals surface area contributed by atoms with Gasteiger partial charge in [0.05, 0.1) is 71.7 Å². The van der Waals surface area contributed by atoms with Gasteiger partial charge in [-0.05, 0) is 13.8 Å². The SMILES string of the molecule is CC(=O)N[C@@H]1[C@H](O[C@@H]2[C@@H](O[C@@H]3[C@H](O)[C@H](O[C@H]4[C@H](O)[C@@H](NC(C)=O)[C@H](O[C@H]5[C@H](O)[C@@H](NC(C)=O)[C@H](O)O[C@@H]5CO[C@@H]5O[C@@H](C)[C@@H](O)[C@@H](O)[C@@H]5O)O[C@@H]4CO)O[C@H](CO[C@H]4O[C@H](CO)[C@@H](O)[C@H](O)[C@@H]4O[C@@H]4O[C@H](CO)[C@@H](O)[C@H](O)[C@H]4NC(C)=O)[C@H]3O)O[C@H](CO)[C@@H](O[C@@H]3O[C@H](CO)[C@@H](O)[C@H](O)[C@H]3NC(C)=O)[C@@H]2O)O[C@H](CO)[C@@H](O[C@@H]2O[C@H](CO)[C@H](O)[C@H](O)[C@H]2O)[C@@H]1O[C@@H]1O[C@@H](C)[C@@H](O)[C@@H](O)[C@@H]1O. The van der Waals surface area contributed by atoms with Gasteiger partial charge in [0, 0.05) is 34.6 Å². The van der Waals surface area contributed by atoms with E-state index >= 15 is 0 Å². The highest BCUT2D eigenvalue weighted by molar-refractivity contribution is 5.75. The van der Waals surface area contributed by atoms with E-state index in [9.17, 15) is 167 Å². The predicted octanol–water partition coefficient (Wildman–Crippen LogP) is -22.2. The molecule has 0 aromatic carbocycles. The summed E-state index contributed by atoms with van der Waals surface area (Å²) in [4.78, 5) is 65.4. The van der Waals surface area contributed by atoms with Crippen molar-refractivity contribution in [2.45, 2.75) is 386 Å². The first-order valence-corrected chi connectivity index (χ1v) is 43.4. The van der Waals surface area contributed by atoms with E-state index in [2.05, 4.69) is 26.6 Å². The van der Waals surface area contributed by atoms with Gasteiger partial charge in [0.15, 0.2) is 69.2 Å². The van der Waals surface area contributed by atoms with Crippen molar-refractivity contribution >= 4 is 29.5 Å². The Kier molecular flexibility index (Phi) is 39.5. The molecule has 0 aromatic rings. The lowest BCUT2D eigenvalue weighted by Crippen LogP contribution is -2.72. The van der Waals surface area contributed by atoms with Crippen LogP contribution in [-0.4, -0.2) is 569 Å². The molecule has 11 aliphatic rings. The lowest BCUT2D eigenvalue weighted by molar-refractivity contribution is -0.409. The Morgan fingerprint density at radius 1 is 0.207 bits per heavy atom. The summed E-state index contributed by atoms with van der Waals surface area (Å²) >= 11 is 0. The van der Waals surface area contributed by atoms with E-state index in [4.69, 9.17) is 99.5 Å². The highest BCUT2D eigenvalue weighted by atomic mass is 16.8. The smallest absolute Gasteiger partial charge is 0.217 e. The van der Waals surface area contributed by atoms with Gasteiger partial charge >= 0.3 is 0 Å². The molecule has 0 aliphatic carbocycles. The first-order chi connectivity index (χ1) is 63.8. The van der Waals surface area contributed by atoms with Crippen molar-refractivity contribution in [2.75, 3.05) is 59.5 Å². The van der Waals surface area contributed by atoms with Gasteiger partial charge < -0.3 is 269 Å². The predicted molar refractivity (Wildman–Crippen MR) is 417 cm³/mol. The first-order valence-electron chi connectivity index (χ1n) is 43.4. The van der Waals surface area contributed by atoms with Crippen LogP contribution < -0.4 is 26.6 Å². The van der Waals surface area contributed by atoms with Crippen LogP contribution in [0.2, 0.25) is 0 Å². The van der Waals surface area contributed by atoms with Gasteiger partial charge in [-0.2, -0.15) is 0 Å². The molecule has 0 aromatic heterocycles. The average Bonchev–Trinajstić information content (AvgIpc) is 0.766. The van der Waals surface area contributed by atoms with Crippen LogP contribution in [0.15, 0.2) is 0 Å². The van der Waals surface area contributed by atoms with Crippen LogP contribution >= 0.6 is 0 Å². The molecule has 11 heterocycles. The van der Waals surface area contributed by atoms with Gasteiger partial charge in [-0.3, -0.25) is 24.0 Å². The summed E-state index contributed by atoms with van der Waals surface area (Å²) in [5.41, 5.74) is 0. The summed E-state index contributed by atoms with van der Waals surface area (Å²) in [6.45, 7) is -3.43. The number of aliphatic hydroxyl groups excluding tert-OH is 28. The van der Waals surface area contributed by atoms with Crippen LogP contribution in [0.3, 0.4) is 0 Å². The number of aliphatic hydroxyl groups is 28. The normalized spacial score (nSPS) is 49.5. The van der Waals surface area contributed by atoms with E-state index in [0.717, 1.165) is 34.6 Å². The third-order valence-corrected chi connectivity index (χ3v) is 24.9. The van der Waals surface area contributed by atoms with Crippen LogP contribution in [0.25, 0.3) is 0 Å². The number of nitrogens with one attached hydrogen (secondary N) is 5.